The quantitative estimate of drug-likeness (QED) is 0.479. The van der Waals surface area contributed by atoms with Crippen LogP contribution in [0.5, 0.6) is 5.75 Å². The Labute approximate surface area is 194 Å². The highest BCUT2D eigenvalue weighted by atomic mass is 16.5. The van der Waals surface area contributed by atoms with Crippen molar-refractivity contribution in [2.75, 3.05) is 18.6 Å². The fourth-order valence-electron chi connectivity index (χ4n) is 4.25. The largest absolute Gasteiger partial charge is 0.496 e. The first-order chi connectivity index (χ1) is 16.0. The van der Waals surface area contributed by atoms with E-state index in [9.17, 15) is 9.59 Å². The number of methoxy groups -OCH3 is 1. The van der Waals surface area contributed by atoms with E-state index in [1.165, 1.54) is 4.90 Å². The number of likely N-dealkylation sites (N-methyl/N-ethyl adjacent to an activating group) is 1. The average molecular weight is 441 g/mol. The van der Waals surface area contributed by atoms with Gasteiger partial charge in [-0.2, -0.15) is 0 Å². The zero-order chi connectivity index (χ0) is 23.5. The molecule has 1 aliphatic heterocycles. The molecule has 4 rings (SSSR count). The molecule has 0 N–H and O–H groups in total. The van der Waals surface area contributed by atoms with Crippen molar-refractivity contribution in [3.8, 4) is 5.75 Å². The van der Waals surface area contributed by atoms with Gasteiger partial charge >= 0.3 is 0 Å². The number of amides is 2. The number of carbonyl (C=O) groups is 2. The van der Waals surface area contributed by atoms with E-state index < -0.39 is 0 Å². The molecule has 0 atom stereocenters. The molecule has 0 aliphatic carbocycles. The van der Waals surface area contributed by atoms with E-state index in [1.54, 1.807) is 7.11 Å². The van der Waals surface area contributed by atoms with Crippen molar-refractivity contribution in [3.63, 3.8) is 0 Å². The number of carbonyl (C=O) groups excluding carboxylic acids is 2. The van der Waals surface area contributed by atoms with Crippen LogP contribution in [0.25, 0.3) is 5.57 Å². The van der Waals surface area contributed by atoms with Crippen LogP contribution in [0.1, 0.15) is 29.2 Å². The maximum atomic E-state index is 13.9. The van der Waals surface area contributed by atoms with Crippen LogP contribution in [0.4, 0.5) is 5.69 Å². The molecule has 0 saturated heterocycles. The minimum absolute atomic E-state index is 0.313. The van der Waals surface area contributed by atoms with Crippen LogP contribution in [-0.2, 0) is 16.1 Å². The summed E-state index contributed by atoms with van der Waals surface area (Å²) in [4.78, 5) is 31.1. The third-order valence-electron chi connectivity index (χ3n) is 6.17. The van der Waals surface area contributed by atoms with Crippen molar-refractivity contribution >= 4 is 23.1 Å². The van der Waals surface area contributed by atoms with Gasteiger partial charge in [-0.15, -0.1) is 0 Å². The topological polar surface area (TPSA) is 49.9 Å². The minimum atomic E-state index is -0.334. The highest BCUT2D eigenvalue weighted by Crippen LogP contribution is 2.39. The lowest BCUT2D eigenvalue weighted by molar-refractivity contribution is -0.120. The zero-order valence-electron chi connectivity index (χ0n) is 19.5. The SMILES string of the molecule is CCN(Cc1ccccc1)C1=C(c2ccccc2OC)C(=O)N(c2cccc(C)c2C)C1=O. The molecule has 5 nitrogen and oxygen atoms in total. The molecular weight excluding hydrogens is 412 g/mol. The van der Waals surface area contributed by atoms with Gasteiger partial charge in [-0.25, -0.2) is 4.90 Å². The minimum Gasteiger partial charge on any atom is -0.496 e. The summed E-state index contributed by atoms with van der Waals surface area (Å²) in [5.74, 6) is -0.0863. The van der Waals surface area contributed by atoms with Crippen molar-refractivity contribution in [1.29, 1.82) is 0 Å². The second-order valence-corrected chi connectivity index (χ2v) is 8.09. The maximum absolute atomic E-state index is 13.9. The summed E-state index contributed by atoms with van der Waals surface area (Å²) < 4.78 is 5.57. The van der Waals surface area contributed by atoms with Crippen LogP contribution in [0.15, 0.2) is 78.5 Å². The second-order valence-electron chi connectivity index (χ2n) is 8.09. The summed E-state index contributed by atoms with van der Waals surface area (Å²) in [6.45, 7) is 7.00. The molecule has 1 aliphatic rings. The maximum Gasteiger partial charge on any atom is 0.282 e. The molecule has 0 bridgehead atoms. The number of rotatable bonds is 7. The van der Waals surface area contributed by atoms with Gasteiger partial charge in [-0.3, -0.25) is 9.59 Å². The summed E-state index contributed by atoms with van der Waals surface area (Å²) in [7, 11) is 1.57. The van der Waals surface area contributed by atoms with E-state index in [4.69, 9.17) is 4.74 Å². The Kier molecular flexibility index (Phi) is 6.31. The fraction of sp³-hybridized carbons (Fsp3) is 0.214. The molecule has 33 heavy (non-hydrogen) atoms. The number of anilines is 1. The predicted octanol–water partition coefficient (Wildman–Crippen LogP) is 5.12. The molecule has 0 fully saturated rings. The normalized spacial score (nSPS) is 13.6. The Morgan fingerprint density at radius 2 is 1.55 bits per heavy atom. The van der Waals surface area contributed by atoms with Crippen molar-refractivity contribution in [2.45, 2.75) is 27.3 Å². The molecule has 0 saturated carbocycles. The van der Waals surface area contributed by atoms with Crippen LogP contribution in [-0.4, -0.2) is 30.4 Å². The molecule has 0 radical (unpaired) electrons. The standard InChI is InChI=1S/C28H28N2O3/c1-5-29(18-21-13-7-6-8-14-21)26-25(22-15-9-10-17-24(22)33-4)27(31)30(28(26)32)23-16-11-12-19(2)20(23)3/h6-17H,5,18H2,1-4H3. The van der Waals surface area contributed by atoms with Crippen LogP contribution in [0.3, 0.4) is 0 Å². The monoisotopic (exact) mass is 440 g/mol. The highest BCUT2D eigenvalue weighted by molar-refractivity contribution is 6.45. The van der Waals surface area contributed by atoms with Crippen molar-refractivity contribution in [1.82, 2.24) is 4.90 Å². The molecule has 0 spiro atoms. The number of aryl methyl sites for hydroxylation is 1. The Hall–Kier alpha value is -3.86. The molecule has 3 aromatic rings. The van der Waals surface area contributed by atoms with Gasteiger partial charge in [0.25, 0.3) is 11.8 Å². The number of hydrogen-bond acceptors (Lipinski definition) is 4. The summed E-state index contributed by atoms with van der Waals surface area (Å²) in [5, 5.41) is 0. The van der Waals surface area contributed by atoms with E-state index in [0.717, 1.165) is 16.7 Å². The molecule has 2 amide bonds. The van der Waals surface area contributed by atoms with Crippen LogP contribution < -0.4 is 9.64 Å². The lowest BCUT2D eigenvalue weighted by atomic mass is 10.0. The first-order valence-corrected chi connectivity index (χ1v) is 11.1. The summed E-state index contributed by atoms with van der Waals surface area (Å²) in [5.41, 5.74) is 5.00. The van der Waals surface area contributed by atoms with E-state index in [2.05, 4.69) is 0 Å². The fourth-order valence-corrected chi connectivity index (χ4v) is 4.25. The van der Waals surface area contributed by atoms with Gasteiger partial charge in [0.2, 0.25) is 0 Å². The third kappa shape index (κ3) is 4.02. The number of benzene rings is 3. The van der Waals surface area contributed by atoms with Crippen molar-refractivity contribution in [2.24, 2.45) is 0 Å². The summed E-state index contributed by atoms with van der Waals surface area (Å²) in [6, 6.07) is 23.0. The molecule has 5 heteroatoms. The van der Waals surface area contributed by atoms with Crippen LogP contribution in [0.2, 0.25) is 0 Å². The van der Waals surface area contributed by atoms with E-state index in [0.29, 0.717) is 41.4 Å². The van der Waals surface area contributed by atoms with Gasteiger partial charge in [0.05, 0.1) is 18.4 Å². The Balaban J connectivity index is 1.90. The van der Waals surface area contributed by atoms with Crippen LogP contribution in [0, 0.1) is 13.8 Å². The number of hydrogen-bond donors (Lipinski definition) is 0. The smallest absolute Gasteiger partial charge is 0.282 e. The molecule has 3 aromatic carbocycles. The van der Waals surface area contributed by atoms with Crippen molar-refractivity contribution in [3.05, 3.63) is 101 Å². The zero-order valence-corrected chi connectivity index (χ0v) is 19.5. The van der Waals surface area contributed by atoms with Gasteiger partial charge < -0.3 is 9.64 Å². The first-order valence-electron chi connectivity index (χ1n) is 11.1. The Morgan fingerprint density at radius 3 is 2.24 bits per heavy atom. The highest BCUT2D eigenvalue weighted by Gasteiger charge is 2.43. The molecule has 0 aromatic heterocycles. The van der Waals surface area contributed by atoms with Crippen molar-refractivity contribution < 1.29 is 14.3 Å². The third-order valence-corrected chi connectivity index (χ3v) is 6.17. The van der Waals surface area contributed by atoms with E-state index >= 15 is 0 Å². The first kappa shape index (κ1) is 22.3. The molecule has 1 heterocycles. The lowest BCUT2D eigenvalue weighted by Gasteiger charge is -2.25. The van der Waals surface area contributed by atoms with Gasteiger partial charge in [0, 0.05) is 18.7 Å². The second kappa shape index (κ2) is 9.33. The molecule has 0 unspecified atom stereocenters. The summed E-state index contributed by atoms with van der Waals surface area (Å²) >= 11 is 0. The molecular formula is C28H28N2O3. The van der Waals surface area contributed by atoms with Gasteiger partial charge in [-0.1, -0.05) is 60.7 Å². The Morgan fingerprint density at radius 1 is 0.848 bits per heavy atom. The van der Waals surface area contributed by atoms with E-state index in [-0.39, 0.29) is 11.8 Å². The Bertz CT molecular complexity index is 1230. The number of nitrogens with zero attached hydrogens (tertiary/aromatic N) is 2. The van der Waals surface area contributed by atoms with Crippen LogP contribution >= 0.6 is 0 Å². The summed E-state index contributed by atoms with van der Waals surface area (Å²) in [6.07, 6.45) is 0. The van der Waals surface area contributed by atoms with Gasteiger partial charge in [0.15, 0.2) is 0 Å². The number of ether oxygens (including phenoxy) is 1. The lowest BCUT2D eigenvalue weighted by Crippen LogP contribution is -2.35. The van der Waals surface area contributed by atoms with Gasteiger partial charge in [0.1, 0.15) is 11.4 Å². The number of imide groups is 1. The van der Waals surface area contributed by atoms with E-state index in [1.807, 2.05) is 98.5 Å². The number of para-hydroxylation sites is 1. The molecule has 168 valence electrons. The average Bonchev–Trinajstić information content (AvgIpc) is 3.09. The predicted molar refractivity (Wildman–Crippen MR) is 131 cm³/mol. The van der Waals surface area contributed by atoms with Gasteiger partial charge in [-0.05, 0) is 49.6 Å².